The fourth-order valence-electron chi connectivity index (χ4n) is 2.95. The van der Waals surface area contributed by atoms with Gasteiger partial charge in [0.05, 0.1) is 11.4 Å². The molecule has 168 valence electrons. The Balaban J connectivity index is 2.25. The molecule has 2 rings (SSSR count). The normalized spacial score (nSPS) is 12.5. The van der Waals surface area contributed by atoms with Crippen LogP contribution in [0.15, 0.2) is 57.9 Å². The Bertz CT molecular complexity index is 1010. The van der Waals surface area contributed by atoms with Crippen LogP contribution in [0.4, 0.5) is 0 Å². The summed E-state index contributed by atoms with van der Waals surface area (Å²) in [6.07, 6.45) is 0. The predicted octanol–water partition coefficient (Wildman–Crippen LogP) is 2.93. The summed E-state index contributed by atoms with van der Waals surface area (Å²) in [7, 11) is -2.48. The molecule has 0 aliphatic carbocycles. The molecule has 0 aliphatic rings. The first-order valence-corrected chi connectivity index (χ1v) is 12.1. The molecule has 0 heterocycles. The van der Waals surface area contributed by atoms with Crippen LogP contribution >= 0.6 is 15.9 Å². The number of nitrogens with zero attached hydrogens (tertiary/aromatic N) is 2. The first kappa shape index (κ1) is 25.0. The third-order valence-electron chi connectivity index (χ3n) is 4.87. The number of halogens is 1. The molecule has 31 heavy (non-hydrogen) atoms. The molecular formula is C22H28BrN3O4S. The highest BCUT2D eigenvalue weighted by Crippen LogP contribution is 2.17. The van der Waals surface area contributed by atoms with Crippen molar-refractivity contribution in [2.24, 2.45) is 0 Å². The molecule has 9 heteroatoms. The summed E-state index contributed by atoms with van der Waals surface area (Å²) in [6, 6.07) is 13.1. The number of rotatable bonds is 9. The minimum atomic E-state index is -3.84. The molecule has 0 saturated heterocycles. The van der Waals surface area contributed by atoms with Crippen LogP contribution in [-0.2, 0) is 26.2 Å². The largest absolute Gasteiger partial charge is 0.355 e. The monoisotopic (exact) mass is 509 g/mol. The topological polar surface area (TPSA) is 86.8 Å². The average Bonchev–Trinajstić information content (AvgIpc) is 2.73. The van der Waals surface area contributed by atoms with Crippen LogP contribution in [0, 0.1) is 6.92 Å². The number of carbonyl (C=O) groups is 2. The Hall–Kier alpha value is -2.23. The third-order valence-corrected chi connectivity index (χ3v) is 7.22. The van der Waals surface area contributed by atoms with Gasteiger partial charge >= 0.3 is 0 Å². The van der Waals surface area contributed by atoms with Gasteiger partial charge in [0.2, 0.25) is 21.8 Å². The molecule has 2 aromatic rings. The Morgan fingerprint density at radius 2 is 1.65 bits per heavy atom. The fraction of sp³-hybridized carbons (Fsp3) is 0.364. The standard InChI is InChI=1S/C22H28BrN3O4S/c1-5-24-22(28)17(3)26(14-18-8-10-19(23)11-9-18)21(27)15-25(4)31(29,30)20-12-6-16(2)7-13-20/h6-13,17H,5,14-15H2,1-4H3,(H,24,28). The molecule has 0 fully saturated rings. The van der Waals surface area contributed by atoms with Gasteiger partial charge in [0.25, 0.3) is 0 Å². The van der Waals surface area contributed by atoms with Crippen LogP contribution in [0.2, 0.25) is 0 Å². The number of hydrogen-bond donors (Lipinski definition) is 1. The predicted molar refractivity (Wildman–Crippen MR) is 124 cm³/mol. The maximum Gasteiger partial charge on any atom is 0.243 e. The van der Waals surface area contributed by atoms with E-state index in [9.17, 15) is 18.0 Å². The van der Waals surface area contributed by atoms with Crippen molar-refractivity contribution in [2.75, 3.05) is 20.1 Å². The van der Waals surface area contributed by atoms with Gasteiger partial charge in [-0.05, 0) is 50.6 Å². The van der Waals surface area contributed by atoms with Gasteiger partial charge in [-0.3, -0.25) is 9.59 Å². The van der Waals surface area contributed by atoms with Crippen LogP contribution in [-0.4, -0.2) is 55.6 Å². The highest BCUT2D eigenvalue weighted by Gasteiger charge is 2.30. The zero-order valence-corrected chi connectivity index (χ0v) is 20.5. The first-order valence-electron chi connectivity index (χ1n) is 9.91. The number of benzene rings is 2. The van der Waals surface area contributed by atoms with Gasteiger partial charge in [-0.1, -0.05) is 45.8 Å². The van der Waals surface area contributed by atoms with Gasteiger partial charge in [0.15, 0.2) is 0 Å². The molecule has 0 bridgehead atoms. The lowest BCUT2D eigenvalue weighted by Crippen LogP contribution is -2.50. The second-order valence-electron chi connectivity index (χ2n) is 7.29. The van der Waals surface area contributed by atoms with Gasteiger partial charge in [-0.2, -0.15) is 4.31 Å². The summed E-state index contributed by atoms with van der Waals surface area (Å²) in [5.41, 5.74) is 1.77. The third kappa shape index (κ3) is 6.62. The molecule has 7 nitrogen and oxygen atoms in total. The van der Waals surface area contributed by atoms with Crippen molar-refractivity contribution in [3.63, 3.8) is 0 Å². The van der Waals surface area contributed by atoms with Crippen LogP contribution in [0.3, 0.4) is 0 Å². The number of carbonyl (C=O) groups excluding carboxylic acids is 2. The lowest BCUT2D eigenvalue weighted by atomic mass is 10.1. The van der Waals surface area contributed by atoms with E-state index in [-0.39, 0.29) is 23.9 Å². The summed E-state index contributed by atoms with van der Waals surface area (Å²) in [4.78, 5) is 27.1. The molecule has 1 N–H and O–H groups in total. The van der Waals surface area contributed by atoms with E-state index in [1.54, 1.807) is 26.0 Å². The van der Waals surface area contributed by atoms with Gasteiger partial charge in [0, 0.05) is 24.6 Å². The summed E-state index contributed by atoms with van der Waals surface area (Å²) < 4.78 is 27.7. The van der Waals surface area contributed by atoms with Crippen molar-refractivity contribution in [2.45, 2.75) is 38.3 Å². The second-order valence-corrected chi connectivity index (χ2v) is 10.3. The van der Waals surface area contributed by atoms with Crippen molar-refractivity contribution < 1.29 is 18.0 Å². The van der Waals surface area contributed by atoms with Gasteiger partial charge in [-0.25, -0.2) is 8.42 Å². The lowest BCUT2D eigenvalue weighted by molar-refractivity contribution is -0.140. The SMILES string of the molecule is CCNC(=O)C(C)N(Cc1ccc(Br)cc1)C(=O)CN(C)S(=O)(=O)c1ccc(C)cc1. The highest BCUT2D eigenvalue weighted by atomic mass is 79.9. The van der Waals surface area contributed by atoms with Crippen LogP contribution in [0.25, 0.3) is 0 Å². The van der Waals surface area contributed by atoms with E-state index < -0.39 is 22.0 Å². The van der Waals surface area contributed by atoms with Crippen molar-refractivity contribution in [3.05, 3.63) is 64.1 Å². The van der Waals surface area contributed by atoms with Crippen molar-refractivity contribution in [1.82, 2.24) is 14.5 Å². The molecule has 1 unspecified atom stereocenters. The number of amides is 2. The van der Waals surface area contributed by atoms with E-state index in [0.29, 0.717) is 6.54 Å². The molecular weight excluding hydrogens is 482 g/mol. The van der Waals surface area contributed by atoms with E-state index in [2.05, 4.69) is 21.2 Å². The summed E-state index contributed by atoms with van der Waals surface area (Å²) in [6.45, 7) is 5.54. The Morgan fingerprint density at radius 3 is 2.19 bits per heavy atom. The molecule has 2 aromatic carbocycles. The average molecular weight is 510 g/mol. The molecule has 0 aliphatic heterocycles. The zero-order chi connectivity index (χ0) is 23.2. The van der Waals surface area contributed by atoms with E-state index in [1.165, 1.54) is 24.1 Å². The van der Waals surface area contributed by atoms with E-state index in [4.69, 9.17) is 0 Å². The lowest BCUT2D eigenvalue weighted by Gasteiger charge is -2.30. The number of likely N-dealkylation sites (N-methyl/N-ethyl adjacent to an activating group) is 2. The summed E-state index contributed by atoms with van der Waals surface area (Å²) in [5.74, 6) is -0.753. The molecule has 0 spiro atoms. The molecule has 2 amide bonds. The second kappa shape index (κ2) is 10.9. The smallest absolute Gasteiger partial charge is 0.243 e. The Morgan fingerprint density at radius 1 is 1.06 bits per heavy atom. The molecule has 0 aromatic heterocycles. The molecule has 0 radical (unpaired) electrons. The van der Waals surface area contributed by atoms with Crippen molar-refractivity contribution >= 4 is 37.8 Å². The number of sulfonamides is 1. The number of hydrogen-bond acceptors (Lipinski definition) is 4. The molecule has 0 saturated carbocycles. The van der Waals surface area contributed by atoms with Crippen LogP contribution < -0.4 is 5.32 Å². The van der Waals surface area contributed by atoms with Crippen molar-refractivity contribution in [3.8, 4) is 0 Å². The van der Waals surface area contributed by atoms with Gasteiger partial charge in [0.1, 0.15) is 6.04 Å². The quantitative estimate of drug-likeness (QED) is 0.562. The van der Waals surface area contributed by atoms with Crippen molar-refractivity contribution in [1.29, 1.82) is 0 Å². The Kier molecular flexibility index (Phi) is 8.79. The van der Waals surface area contributed by atoms with Crippen LogP contribution in [0.1, 0.15) is 25.0 Å². The van der Waals surface area contributed by atoms with Gasteiger partial charge < -0.3 is 10.2 Å². The fourth-order valence-corrected chi connectivity index (χ4v) is 4.33. The maximum absolute atomic E-state index is 13.1. The minimum Gasteiger partial charge on any atom is -0.355 e. The number of nitrogens with one attached hydrogen (secondary N) is 1. The Labute approximate surface area is 192 Å². The zero-order valence-electron chi connectivity index (χ0n) is 18.1. The van der Waals surface area contributed by atoms with E-state index >= 15 is 0 Å². The maximum atomic E-state index is 13.1. The van der Waals surface area contributed by atoms with Gasteiger partial charge in [-0.15, -0.1) is 0 Å². The highest BCUT2D eigenvalue weighted by molar-refractivity contribution is 9.10. The van der Waals surface area contributed by atoms with Crippen LogP contribution in [0.5, 0.6) is 0 Å². The molecule has 1 atom stereocenters. The minimum absolute atomic E-state index is 0.115. The first-order chi connectivity index (χ1) is 14.6. The van der Waals surface area contributed by atoms with E-state index in [0.717, 1.165) is 19.9 Å². The summed E-state index contributed by atoms with van der Waals surface area (Å²) >= 11 is 3.38. The number of aryl methyl sites for hydroxylation is 1. The van der Waals surface area contributed by atoms with E-state index in [1.807, 2.05) is 31.2 Å². The summed E-state index contributed by atoms with van der Waals surface area (Å²) in [5, 5.41) is 2.72.